The highest BCUT2D eigenvalue weighted by molar-refractivity contribution is 6.21. The number of ether oxygens (including phenoxy) is 6. The molecule has 0 unspecified atom stereocenters. The van der Waals surface area contributed by atoms with E-state index < -0.39 is 0 Å². The fourth-order valence-corrected chi connectivity index (χ4v) is 3.43. The zero-order valence-electron chi connectivity index (χ0n) is 21.0. The van der Waals surface area contributed by atoms with Crippen LogP contribution in [-0.4, -0.2) is 103 Å². The molecule has 0 saturated heterocycles. The zero-order chi connectivity index (χ0) is 25.0. The van der Waals surface area contributed by atoms with Gasteiger partial charge < -0.3 is 28.4 Å². The molecule has 9 nitrogen and oxygen atoms in total. The van der Waals surface area contributed by atoms with Crippen molar-refractivity contribution in [3.8, 4) is 0 Å². The number of imide groups is 1. The maximum absolute atomic E-state index is 12.2. The van der Waals surface area contributed by atoms with Crippen LogP contribution < -0.4 is 0 Å². The molecule has 9 heteroatoms. The van der Waals surface area contributed by atoms with Crippen molar-refractivity contribution in [2.75, 3.05) is 85.8 Å². The molecule has 0 atom stereocenters. The van der Waals surface area contributed by atoms with E-state index in [9.17, 15) is 9.59 Å². The lowest BCUT2D eigenvalue weighted by atomic mass is 10.1. The standard InChI is InChI=1S/C26H41NO8/c1-2-3-4-7-11-30-13-15-32-17-19-34-21-22-35-20-18-33-16-14-31-12-10-27-25(28)23-8-5-6-9-24(23)26(27)29/h5-6,8-9H,2-4,7,10-22H2,1H3. The zero-order valence-corrected chi connectivity index (χ0v) is 21.0. The van der Waals surface area contributed by atoms with Crippen LogP contribution in [0.5, 0.6) is 0 Å². The molecule has 0 N–H and O–H groups in total. The highest BCUT2D eigenvalue weighted by Gasteiger charge is 2.34. The van der Waals surface area contributed by atoms with Crippen molar-refractivity contribution in [3.63, 3.8) is 0 Å². The molecule has 0 radical (unpaired) electrons. The van der Waals surface area contributed by atoms with Crippen LogP contribution in [0.1, 0.15) is 53.3 Å². The summed E-state index contributed by atoms with van der Waals surface area (Å²) in [5.74, 6) is -0.533. The van der Waals surface area contributed by atoms with Gasteiger partial charge in [0.1, 0.15) is 0 Å². The van der Waals surface area contributed by atoms with Gasteiger partial charge in [-0.25, -0.2) is 0 Å². The Balaban J connectivity index is 1.27. The number of carbonyl (C=O) groups is 2. The summed E-state index contributed by atoms with van der Waals surface area (Å²) >= 11 is 0. The summed E-state index contributed by atoms with van der Waals surface area (Å²) in [5.41, 5.74) is 0.905. The Kier molecular flexibility index (Phi) is 16.2. The van der Waals surface area contributed by atoms with Gasteiger partial charge in [0.15, 0.2) is 0 Å². The number of fused-ring (bicyclic) bond motifs is 1. The van der Waals surface area contributed by atoms with Crippen molar-refractivity contribution in [3.05, 3.63) is 35.4 Å². The molecule has 0 aliphatic carbocycles. The average Bonchev–Trinajstić information content (AvgIpc) is 3.12. The first-order valence-electron chi connectivity index (χ1n) is 12.7. The minimum atomic E-state index is -0.266. The number of rotatable bonds is 23. The minimum Gasteiger partial charge on any atom is -0.379 e. The molecule has 1 aliphatic rings. The summed E-state index contributed by atoms with van der Waals surface area (Å²) < 4.78 is 32.8. The Morgan fingerprint density at radius 1 is 0.543 bits per heavy atom. The van der Waals surface area contributed by atoms with Crippen LogP contribution in [0.25, 0.3) is 0 Å². The topological polar surface area (TPSA) is 92.8 Å². The summed E-state index contributed by atoms with van der Waals surface area (Å²) in [4.78, 5) is 25.7. The first kappa shape index (κ1) is 29.4. The van der Waals surface area contributed by atoms with Crippen LogP contribution in [0.15, 0.2) is 24.3 Å². The van der Waals surface area contributed by atoms with E-state index in [2.05, 4.69) is 6.92 Å². The SMILES string of the molecule is CCCCCCOCCOCCOCCOCCOCCOCCN1C(=O)c2ccccc2C1=O. The average molecular weight is 496 g/mol. The van der Waals surface area contributed by atoms with Crippen LogP contribution in [0.4, 0.5) is 0 Å². The summed E-state index contributed by atoms with van der Waals surface area (Å²) in [6.07, 6.45) is 4.87. The van der Waals surface area contributed by atoms with Gasteiger partial charge in [0, 0.05) is 6.61 Å². The van der Waals surface area contributed by atoms with E-state index in [0.717, 1.165) is 13.0 Å². The molecule has 198 valence electrons. The van der Waals surface area contributed by atoms with Gasteiger partial charge in [-0.05, 0) is 18.6 Å². The number of amides is 2. The number of unbranched alkanes of at least 4 members (excludes halogenated alkanes) is 3. The van der Waals surface area contributed by atoms with Crippen molar-refractivity contribution in [2.45, 2.75) is 32.6 Å². The van der Waals surface area contributed by atoms with Gasteiger partial charge in [0.25, 0.3) is 11.8 Å². The van der Waals surface area contributed by atoms with E-state index in [1.165, 1.54) is 24.2 Å². The summed E-state index contributed by atoms with van der Waals surface area (Å²) in [7, 11) is 0. The first-order valence-corrected chi connectivity index (χ1v) is 12.7. The number of benzene rings is 1. The minimum absolute atomic E-state index is 0.230. The Hall–Kier alpha value is -1.88. The van der Waals surface area contributed by atoms with Gasteiger partial charge in [-0.3, -0.25) is 14.5 Å². The third-order valence-electron chi connectivity index (χ3n) is 5.34. The number of nitrogens with zero attached hydrogens (tertiary/aromatic N) is 1. The lowest BCUT2D eigenvalue weighted by Crippen LogP contribution is -2.33. The third kappa shape index (κ3) is 12.1. The third-order valence-corrected chi connectivity index (χ3v) is 5.34. The number of hydrogen-bond acceptors (Lipinski definition) is 8. The largest absolute Gasteiger partial charge is 0.379 e. The second kappa shape index (κ2) is 19.3. The predicted octanol–water partition coefficient (Wildman–Crippen LogP) is 2.96. The van der Waals surface area contributed by atoms with Crippen LogP contribution in [0.3, 0.4) is 0 Å². The molecular formula is C26H41NO8. The molecule has 1 aromatic rings. The highest BCUT2D eigenvalue weighted by Crippen LogP contribution is 2.21. The van der Waals surface area contributed by atoms with Crippen molar-refractivity contribution in [1.29, 1.82) is 0 Å². The maximum atomic E-state index is 12.2. The van der Waals surface area contributed by atoms with Crippen LogP contribution in [-0.2, 0) is 28.4 Å². The van der Waals surface area contributed by atoms with E-state index in [1.54, 1.807) is 24.3 Å². The van der Waals surface area contributed by atoms with Gasteiger partial charge in [0.2, 0.25) is 0 Å². The smallest absolute Gasteiger partial charge is 0.261 e. The monoisotopic (exact) mass is 495 g/mol. The van der Waals surface area contributed by atoms with E-state index >= 15 is 0 Å². The fourth-order valence-electron chi connectivity index (χ4n) is 3.43. The summed E-state index contributed by atoms with van der Waals surface area (Å²) in [5, 5.41) is 0. The first-order chi connectivity index (χ1) is 17.3. The number of carbonyl (C=O) groups excluding carboxylic acids is 2. The Morgan fingerprint density at radius 2 is 0.943 bits per heavy atom. The quantitative estimate of drug-likeness (QED) is 0.169. The van der Waals surface area contributed by atoms with Gasteiger partial charge in [-0.1, -0.05) is 38.3 Å². The molecule has 1 aliphatic heterocycles. The molecule has 0 fully saturated rings. The fraction of sp³-hybridized carbons (Fsp3) is 0.692. The van der Waals surface area contributed by atoms with Crippen LogP contribution >= 0.6 is 0 Å². The molecule has 0 saturated carbocycles. The van der Waals surface area contributed by atoms with Gasteiger partial charge >= 0.3 is 0 Å². The molecule has 1 aromatic carbocycles. The van der Waals surface area contributed by atoms with E-state index in [1.807, 2.05) is 0 Å². The Bertz CT molecular complexity index is 679. The second-order valence-electron chi connectivity index (χ2n) is 8.04. The van der Waals surface area contributed by atoms with Crippen molar-refractivity contribution >= 4 is 11.8 Å². The Morgan fingerprint density at radius 3 is 1.37 bits per heavy atom. The molecule has 0 aromatic heterocycles. The molecule has 0 spiro atoms. The van der Waals surface area contributed by atoms with Gasteiger partial charge in [-0.15, -0.1) is 0 Å². The second-order valence-corrected chi connectivity index (χ2v) is 8.04. The number of hydrogen-bond donors (Lipinski definition) is 0. The summed E-state index contributed by atoms with van der Waals surface area (Å²) in [6.45, 7) is 8.59. The molecule has 0 bridgehead atoms. The molecular weight excluding hydrogens is 454 g/mol. The summed E-state index contributed by atoms with van der Waals surface area (Å²) in [6, 6.07) is 6.84. The lowest BCUT2D eigenvalue weighted by Gasteiger charge is -2.13. The van der Waals surface area contributed by atoms with Crippen LogP contribution in [0, 0.1) is 0 Å². The molecule has 35 heavy (non-hydrogen) atoms. The van der Waals surface area contributed by atoms with Crippen molar-refractivity contribution in [1.82, 2.24) is 4.90 Å². The van der Waals surface area contributed by atoms with E-state index in [-0.39, 0.29) is 25.0 Å². The van der Waals surface area contributed by atoms with E-state index in [0.29, 0.717) is 77.2 Å². The van der Waals surface area contributed by atoms with Crippen molar-refractivity contribution < 1.29 is 38.0 Å². The van der Waals surface area contributed by atoms with Crippen molar-refractivity contribution in [2.24, 2.45) is 0 Å². The molecule has 2 rings (SSSR count). The molecule has 2 amide bonds. The highest BCUT2D eigenvalue weighted by atomic mass is 16.6. The normalized spacial score (nSPS) is 13.1. The maximum Gasteiger partial charge on any atom is 0.261 e. The van der Waals surface area contributed by atoms with Gasteiger partial charge in [0.05, 0.1) is 90.3 Å². The lowest BCUT2D eigenvalue weighted by molar-refractivity contribution is -0.0173. The van der Waals surface area contributed by atoms with Gasteiger partial charge in [-0.2, -0.15) is 0 Å². The predicted molar refractivity (Wildman–Crippen MR) is 131 cm³/mol. The Labute approximate surface area is 208 Å². The van der Waals surface area contributed by atoms with Crippen LogP contribution in [0.2, 0.25) is 0 Å². The molecule has 1 heterocycles. The van der Waals surface area contributed by atoms with E-state index in [4.69, 9.17) is 28.4 Å².